The summed E-state index contributed by atoms with van der Waals surface area (Å²) in [7, 11) is 0. The Morgan fingerprint density at radius 1 is 1.30 bits per heavy atom. The lowest BCUT2D eigenvalue weighted by atomic mass is 10.1. The molecule has 0 unspecified atom stereocenters. The third-order valence-corrected chi connectivity index (χ3v) is 4.21. The van der Waals surface area contributed by atoms with Gasteiger partial charge in [-0.1, -0.05) is 6.07 Å². The smallest absolute Gasteiger partial charge is 0.0945 e. The average Bonchev–Trinajstić information content (AvgIpc) is 2.87. The van der Waals surface area contributed by atoms with E-state index in [1.165, 1.54) is 0 Å². The van der Waals surface area contributed by atoms with E-state index < -0.39 is 0 Å². The van der Waals surface area contributed by atoms with Crippen molar-refractivity contribution in [2.24, 2.45) is 0 Å². The van der Waals surface area contributed by atoms with E-state index in [9.17, 15) is 0 Å². The lowest BCUT2D eigenvalue weighted by Crippen LogP contribution is -2.07. The summed E-state index contributed by atoms with van der Waals surface area (Å²) in [5.41, 5.74) is 9.03. The fraction of sp³-hybridized carbons (Fsp3) is 0.200. The zero-order valence-corrected chi connectivity index (χ0v) is 12.1. The Hall–Kier alpha value is -2.14. The van der Waals surface area contributed by atoms with Gasteiger partial charge in [0.2, 0.25) is 0 Å². The molecular weight excluding hydrogens is 268 g/mol. The molecule has 0 saturated heterocycles. The number of rotatable bonds is 4. The maximum atomic E-state index is 6.20. The number of nitrogens with one attached hydrogen (secondary N) is 1. The van der Waals surface area contributed by atoms with E-state index in [4.69, 9.17) is 5.73 Å². The average molecular weight is 284 g/mol. The zero-order valence-electron chi connectivity index (χ0n) is 11.3. The van der Waals surface area contributed by atoms with E-state index in [1.807, 2.05) is 31.3 Å². The first-order valence-corrected chi connectivity index (χ1v) is 7.39. The Morgan fingerprint density at radius 3 is 3.00 bits per heavy atom. The second-order valence-electron chi connectivity index (χ2n) is 4.68. The molecule has 3 aromatic rings. The van der Waals surface area contributed by atoms with Crippen molar-refractivity contribution in [2.45, 2.75) is 13.3 Å². The molecular formula is C15H16N4S. The quantitative estimate of drug-likeness (QED) is 0.722. The molecule has 0 bridgehead atoms. The predicted molar refractivity (Wildman–Crippen MR) is 85.2 cm³/mol. The van der Waals surface area contributed by atoms with Crippen LogP contribution >= 0.6 is 11.3 Å². The summed E-state index contributed by atoms with van der Waals surface area (Å²) >= 11 is 1.70. The van der Waals surface area contributed by atoms with Crippen LogP contribution in [0.3, 0.4) is 0 Å². The Balaban J connectivity index is 1.73. The number of nitrogen functional groups attached to an aromatic ring is 1. The molecule has 0 amide bonds. The summed E-state index contributed by atoms with van der Waals surface area (Å²) in [5.74, 6) is 0. The van der Waals surface area contributed by atoms with Gasteiger partial charge in [0, 0.05) is 47.2 Å². The van der Waals surface area contributed by atoms with Crippen LogP contribution < -0.4 is 11.1 Å². The van der Waals surface area contributed by atoms with Gasteiger partial charge >= 0.3 is 0 Å². The monoisotopic (exact) mass is 284 g/mol. The van der Waals surface area contributed by atoms with Crippen LogP contribution in [-0.4, -0.2) is 16.5 Å². The Labute approximate surface area is 121 Å². The fourth-order valence-electron chi connectivity index (χ4n) is 2.17. The summed E-state index contributed by atoms with van der Waals surface area (Å²) in [6.45, 7) is 2.84. The molecule has 0 saturated carbocycles. The summed E-state index contributed by atoms with van der Waals surface area (Å²) < 4.78 is 0. The second-order valence-corrected chi connectivity index (χ2v) is 5.63. The van der Waals surface area contributed by atoms with E-state index in [-0.39, 0.29) is 0 Å². The molecule has 0 aliphatic heterocycles. The molecule has 102 valence electrons. The molecule has 20 heavy (non-hydrogen) atoms. The second kappa shape index (κ2) is 5.46. The van der Waals surface area contributed by atoms with Crippen LogP contribution in [0.4, 0.5) is 11.4 Å². The molecule has 2 aromatic heterocycles. The number of pyridine rings is 1. The molecule has 0 atom stereocenters. The predicted octanol–water partition coefficient (Wildman–Crippen LogP) is 3.24. The summed E-state index contributed by atoms with van der Waals surface area (Å²) in [4.78, 5) is 8.56. The largest absolute Gasteiger partial charge is 0.397 e. The molecule has 3 rings (SSSR count). The Morgan fingerprint density at radius 2 is 2.20 bits per heavy atom. The van der Waals surface area contributed by atoms with Crippen LogP contribution in [0.2, 0.25) is 0 Å². The number of aryl methyl sites for hydroxylation is 1. The van der Waals surface area contributed by atoms with Gasteiger partial charge in [-0.3, -0.25) is 4.98 Å². The van der Waals surface area contributed by atoms with Gasteiger partial charge in [0.05, 0.1) is 16.4 Å². The molecule has 1 aromatic carbocycles. The maximum absolute atomic E-state index is 6.20. The number of hydrogen-bond donors (Lipinski definition) is 2. The topological polar surface area (TPSA) is 63.8 Å². The molecule has 2 heterocycles. The number of benzene rings is 1. The molecule has 3 N–H and O–H groups in total. The molecule has 0 aliphatic carbocycles. The van der Waals surface area contributed by atoms with Crippen LogP contribution in [0, 0.1) is 6.92 Å². The van der Waals surface area contributed by atoms with Gasteiger partial charge in [0.1, 0.15) is 0 Å². The number of aromatic nitrogens is 2. The highest BCUT2D eigenvalue weighted by molar-refractivity contribution is 7.09. The highest BCUT2D eigenvalue weighted by atomic mass is 32.1. The Kier molecular flexibility index (Phi) is 3.52. The molecule has 0 spiro atoms. The van der Waals surface area contributed by atoms with Gasteiger partial charge in [-0.25, -0.2) is 4.98 Å². The summed E-state index contributed by atoms with van der Waals surface area (Å²) in [6, 6.07) is 5.99. The van der Waals surface area contributed by atoms with E-state index in [0.29, 0.717) is 0 Å². The molecule has 4 nitrogen and oxygen atoms in total. The van der Waals surface area contributed by atoms with E-state index >= 15 is 0 Å². The number of nitrogens with zero attached hydrogens (tertiary/aromatic N) is 2. The highest BCUT2D eigenvalue weighted by Crippen LogP contribution is 2.27. The van der Waals surface area contributed by atoms with E-state index in [1.54, 1.807) is 17.5 Å². The van der Waals surface area contributed by atoms with Gasteiger partial charge in [0.25, 0.3) is 0 Å². The third kappa shape index (κ3) is 2.58. The molecule has 0 radical (unpaired) electrons. The van der Waals surface area contributed by atoms with Crippen molar-refractivity contribution in [3.63, 3.8) is 0 Å². The van der Waals surface area contributed by atoms with Gasteiger partial charge in [0.15, 0.2) is 0 Å². The zero-order chi connectivity index (χ0) is 13.9. The SMILES string of the molecule is Cc1csc(CCNc2ccc3cnccc3c2N)n1. The first-order valence-electron chi connectivity index (χ1n) is 6.51. The van der Waals surface area contributed by atoms with Crippen molar-refractivity contribution >= 4 is 33.5 Å². The minimum Gasteiger partial charge on any atom is -0.397 e. The normalized spacial score (nSPS) is 10.8. The number of hydrogen-bond acceptors (Lipinski definition) is 5. The van der Waals surface area contributed by atoms with Crippen LogP contribution in [-0.2, 0) is 6.42 Å². The maximum Gasteiger partial charge on any atom is 0.0945 e. The molecule has 0 aliphatic rings. The molecule has 0 fully saturated rings. The van der Waals surface area contributed by atoms with Crippen molar-refractivity contribution in [3.8, 4) is 0 Å². The Bertz CT molecular complexity index is 736. The van der Waals surface area contributed by atoms with Crippen molar-refractivity contribution in [3.05, 3.63) is 46.7 Å². The number of nitrogens with two attached hydrogens (primary N) is 1. The van der Waals surface area contributed by atoms with Crippen LogP contribution in [0.25, 0.3) is 10.8 Å². The van der Waals surface area contributed by atoms with Gasteiger partial charge in [-0.15, -0.1) is 11.3 Å². The lowest BCUT2D eigenvalue weighted by molar-refractivity contribution is 0.988. The van der Waals surface area contributed by atoms with E-state index in [2.05, 4.69) is 20.7 Å². The third-order valence-electron chi connectivity index (χ3n) is 3.18. The molecule has 5 heteroatoms. The van der Waals surface area contributed by atoms with Gasteiger partial charge in [-0.2, -0.15) is 0 Å². The lowest BCUT2D eigenvalue weighted by Gasteiger charge is -2.10. The minimum atomic E-state index is 0.778. The van der Waals surface area contributed by atoms with Crippen molar-refractivity contribution in [2.75, 3.05) is 17.6 Å². The van der Waals surface area contributed by atoms with Crippen LogP contribution in [0.1, 0.15) is 10.7 Å². The first kappa shape index (κ1) is 12.9. The van der Waals surface area contributed by atoms with E-state index in [0.717, 1.165) is 45.8 Å². The van der Waals surface area contributed by atoms with Crippen molar-refractivity contribution < 1.29 is 0 Å². The number of thiazole rings is 1. The number of fused-ring (bicyclic) bond motifs is 1. The van der Waals surface area contributed by atoms with Gasteiger partial charge in [-0.05, 0) is 19.1 Å². The first-order chi connectivity index (χ1) is 9.74. The summed E-state index contributed by atoms with van der Waals surface area (Å²) in [5, 5.41) is 8.71. The minimum absolute atomic E-state index is 0.778. The highest BCUT2D eigenvalue weighted by Gasteiger charge is 2.04. The van der Waals surface area contributed by atoms with Gasteiger partial charge < -0.3 is 11.1 Å². The van der Waals surface area contributed by atoms with Crippen LogP contribution in [0.15, 0.2) is 36.0 Å². The van der Waals surface area contributed by atoms with Crippen molar-refractivity contribution in [1.29, 1.82) is 0 Å². The summed E-state index contributed by atoms with van der Waals surface area (Å²) in [6.07, 6.45) is 4.50. The standard InChI is InChI=1S/C15H16N4S/c1-10-9-20-14(19-10)5-7-18-13-3-2-11-8-17-6-4-12(11)15(13)16/h2-4,6,8-9,18H,5,7,16H2,1H3. The van der Waals surface area contributed by atoms with Crippen LogP contribution in [0.5, 0.6) is 0 Å². The number of anilines is 2. The fourth-order valence-corrected chi connectivity index (χ4v) is 2.94. The van der Waals surface area contributed by atoms with Crippen molar-refractivity contribution in [1.82, 2.24) is 9.97 Å².